The van der Waals surface area contributed by atoms with Crippen LogP contribution in [0.25, 0.3) is 0 Å². The minimum atomic E-state index is -4.47. The van der Waals surface area contributed by atoms with Crippen molar-refractivity contribution in [2.75, 3.05) is 49.6 Å². The molecule has 2 aliphatic heterocycles. The summed E-state index contributed by atoms with van der Waals surface area (Å²) in [4.78, 5) is 13.8. The van der Waals surface area contributed by atoms with E-state index in [1.807, 2.05) is 0 Å². The number of halogens is 4. The number of hydrogen-bond acceptors (Lipinski definition) is 7. The zero-order chi connectivity index (χ0) is 21.8. The second kappa shape index (κ2) is 9.31. The first-order valence-electron chi connectivity index (χ1n) is 10.3. The predicted octanol–water partition coefficient (Wildman–Crippen LogP) is 3.02. The summed E-state index contributed by atoms with van der Waals surface area (Å²) in [5.41, 5.74) is -0.480. The van der Waals surface area contributed by atoms with Gasteiger partial charge in [-0.05, 0) is 44.0 Å². The van der Waals surface area contributed by atoms with Gasteiger partial charge in [0.25, 0.3) is 0 Å². The van der Waals surface area contributed by atoms with E-state index in [1.54, 1.807) is 4.90 Å². The Morgan fingerprint density at radius 3 is 2.68 bits per heavy atom. The van der Waals surface area contributed by atoms with E-state index in [-0.39, 0.29) is 18.2 Å². The Hall–Kier alpha value is -2.53. The second-order valence-electron chi connectivity index (χ2n) is 7.69. The van der Waals surface area contributed by atoms with E-state index in [2.05, 4.69) is 25.6 Å². The Morgan fingerprint density at radius 2 is 1.97 bits per heavy atom. The van der Waals surface area contributed by atoms with Crippen LogP contribution in [0.1, 0.15) is 30.1 Å². The summed E-state index contributed by atoms with van der Waals surface area (Å²) in [6.45, 7) is 3.34. The zero-order valence-corrected chi connectivity index (χ0v) is 16.8. The number of ether oxygens (including phenoxy) is 1. The van der Waals surface area contributed by atoms with Crippen molar-refractivity contribution in [1.29, 1.82) is 0 Å². The van der Waals surface area contributed by atoms with Crippen molar-refractivity contribution in [2.24, 2.45) is 5.92 Å². The molecule has 1 atom stereocenters. The lowest BCUT2D eigenvalue weighted by Gasteiger charge is -2.36. The van der Waals surface area contributed by atoms with Gasteiger partial charge in [-0.3, -0.25) is 4.98 Å². The highest BCUT2D eigenvalue weighted by atomic mass is 19.4. The molecule has 11 heteroatoms. The van der Waals surface area contributed by atoms with Gasteiger partial charge in [-0.1, -0.05) is 0 Å². The van der Waals surface area contributed by atoms with E-state index in [4.69, 9.17) is 4.74 Å². The van der Waals surface area contributed by atoms with Crippen LogP contribution < -0.4 is 15.5 Å². The van der Waals surface area contributed by atoms with Crippen LogP contribution >= 0.6 is 0 Å². The van der Waals surface area contributed by atoms with E-state index >= 15 is 4.39 Å². The number of rotatable bonds is 5. The highest BCUT2D eigenvalue weighted by Gasteiger charge is 2.33. The fraction of sp³-hybridized carbons (Fsp3) is 0.550. The monoisotopic (exact) mass is 440 g/mol. The summed E-state index contributed by atoms with van der Waals surface area (Å²) in [6.07, 6.45) is -0.377. The Kier molecular flexibility index (Phi) is 6.51. The largest absolute Gasteiger partial charge is 0.417 e. The molecule has 0 unspecified atom stereocenters. The number of nitrogens with zero attached hydrogens (tertiary/aromatic N) is 4. The van der Waals surface area contributed by atoms with Crippen LogP contribution in [0.15, 0.2) is 24.7 Å². The van der Waals surface area contributed by atoms with Crippen LogP contribution in [-0.2, 0) is 10.9 Å². The molecule has 7 nitrogen and oxygen atoms in total. The number of anilines is 2. The van der Waals surface area contributed by atoms with Crippen molar-refractivity contribution in [2.45, 2.75) is 25.1 Å². The molecule has 0 aliphatic carbocycles. The van der Waals surface area contributed by atoms with Gasteiger partial charge in [-0.15, -0.1) is 0 Å². The minimum absolute atomic E-state index is 0.0813. The van der Waals surface area contributed by atoms with Gasteiger partial charge >= 0.3 is 6.18 Å². The average Bonchev–Trinajstić information content (AvgIpc) is 2.79. The zero-order valence-electron chi connectivity index (χ0n) is 16.8. The number of nitrogens with one attached hydrogen (secondary N) is 2. The maximum Gasteiger partial charge on any atom is 0.417 e. The molecule has 2 aromatic rings. The predicted molar refractivity (Wildman–Crippen MR) is 106 cm³/mol. The van der Waals surface area contributed by atoms with Gasteiger partial charge in [0.1, 0.15) is 6.33 Å². The number of hydrogen-bond donors (Lipinski definition) is 2. The summed E-state index contributed by atoms with van der Waals surface area (Å²) in [7, 11) is 0. The second-order valence-corrected chi connectivity index (χ2v) is 7.69. The van der Waals surface area contributed by atoms with Crippen molar-refractivity contribution in [3.63, 3.8) is 0 Å². The third kappa shape index (κ3) is 5.04. The van der Waals surface area contributed by atoms with Gasteiger partial charge in [0.2, 0.25) is 5.82 Å². The summed E-state index contributed by atoms with van der Waals surface area (Å²) in [6, 6.07) is 1.71. The van der Waals surface area contributed by atoms with Crippen LogP contribution in [0, 0.1) is 11.7 Å². The van der Waals surface area contributed by atoms with E-state index in [0.29, 0.717) is 31.3 Å². The normalized spacial score (nSPS) is 20.6. The molecule has 168 valence electrons. The van der Waals surface area contributed by atoms with Gasteiger partial charge < -0.3 is 20.3 Å². The Labute approximate surface area is 177 Å². The molecule has 0 amide bonds. The molecular formula is C20H24F4N6O. The summed E-state index contributed by atoms with van der Waals surface area (Å²) >= 11 is 0. The molecule has 4 heterocycles. The molecule has 0 saturated carbocycles. The van der Waals surface area contributed by atoms with Gasteiger partial charge in [-0.25, -0.2) is 9.97 Å². The molecule has 2 aliphatic rings. The maximum absolute atomic E-state index is 15.3. The third-order valence-electron chi connectivity index (χ3n) is 5.64. The summed E-state index contributed by atoms with van der Waals surface area (Å²) in [5, 5.41) is 6.38. The topological polar surface area (TPSA) is 75.2 Å². The van der Waals surface area contributed by atoms with Crippen molar-refractivity contribution in [3.05, 3.63) is 41.7 Å². The molecule has 4 rings (SSSR count). The van der Waals surface area contributed by atoms with Crippen molar-refractivity contribution in [1.82, 2.24) is 20.3 Å². The molecule has 31 heavy (non-hydrogen) atoms. The minimum Gasteiger partial charge on any atom is -0.377 e. The molecule has 2 N–H and O–H groups in total. The number of morpholine rings is 1. The molecule has 0 bridgehead atoms. The fourth-order valence-corrected chi connectivity index (χ4v) is 3.88. The SMILES string of the molecule is Fc1c(NCC2CCNCC2)ncnc1N1CCOC[C@@H]1c1ccc(C(F)(F)F)cn1. The van der Waals surface area contributed by atoms with Crippen LogP contribution in [0.4, 0.5) is 29.2 Å². The molecular weight excluding hydrogens is 416 g/mol. The van der Waals surface area contributed by atoms with Gasteiger partial charge in [0.05, 0.1) is 30.5 Å². The Balaban J connectivity index is 1.53. The van der Waals surface area contributed by atoms with E-state index in [0.717, 1.165) is 38.2 Å². The Morgan fingerprint density at radius 1 is 1.16 bits per heavy atom. The number of pyridine rings is 1. The molecule has 2 aromatic heterocycles. The number of piperidine rings is 1. The maximum atomic E-state index is 15.3. The highest BCUT2D eigenvalue weighted by Crippen LogP contribution is 2.33. The highest BCUT2D eigenvalue weighted by molar-refractivity contribution is 5.52. The molecule has 2 fully saturated rings. The average molecular weight is 440 g/mol. The first-order chi connectivity index (χ1) is 14.9. The van der Waals surface area contributed by atoms with Crippen LogP contribution in [0.5, 0.6) is 0 Å². The van der Waals surface area contributed by atoms with Crippen molar-refractivity contribution in [3.8, 4) is 0 Å². The molecule has 0 spiro atoms. The lowest BCUT2D eigenvalue weighted by molar-refractivity contribution is -0.137. The lowest BCUT2D eigenvalue weighted by Crippen LogP contribution is -2.41. The van der Waals surface area contributed by atoms with Crippen LogP contribution in [-0.4, -0.2) is 54.3 Å². The third-order valence-corrected chi connectivity index (χ3v) is 5.64. The van der Waals surface area contributed by atoms with Gasteiger partial charge in [0, 0.05) is 19.3 Å². The lowest BCUT2D eigenvalue weighted by atomic mass is 9.98. The fourth-order valence-electron chi connectivity index (χ4n) is 3.88. The van der Waals surface area contributed by atoms with Crippen molar-refractivity contribution >= 4 is 11.6 Å². The van der Waals surface area contributed by atoms with E-state index in [9.17, 15) is 13.2 Å². The first-order valence-corrected chi connectivity index (χ1v) is 10.3. The molecule has 0 aromatic carbocycles. The number of aromatic nitrogens is 3. The molecule has 0 radical (unpaired) electrons. The smallest absolute Gasteiger partial charge is 0.377 e. The standard InChI is InChI=1S/C20H24F4N6O/c21-17-18(27-9-13-3-5-25-6-4-13)28-12-29-19(17)30-7-8-31-11-16(30)15-2-1-14(10-26-15)20(22,23)24/h1-2,10,12-13,16,25H,3-9,11H2,(H,27,28,29)/t16-/m1/s1. The summed E-state index contributed by atoms with van der Waals surface area (Å²) < 4.78 is 59.3. The van der Waals surface area contributed by atoms with Crippen LogP contribution in [0.3, 0.4) is 0 Å². The molecule has 2 saturated heterocycles. The first kappa shape index (κ1) is 21.7. The Bertz CT molecular complexity index is 873. The van der Waals surface area contributed by atoms with Crippen LogP contribution in [0.2, 0.25) is 0 Å². The van der Waals surface area contributed by atoms with Gasteiger partial charge in [0.15, 0.2) is 11.6 Å². The quantitative estimate of drug-likeness (QED) is 0.693. The van der Waals surface area contributed by atoms with Crippen molar-refractivity contribution < 1.29 is 22.3 Å². The number of alkyl halides is 3. The van der Waals surface area contributed by atoms with E-state index < -0.39 is 23.6 Å². The van der Waals surface area contributed by atoms with E-state index in [1.165, 1.54) is 12.4 Å². The van der Waals surface area contributed by atoms with Gasteiger partial charge in [-0.2, -0.15) is 17.6 Å². The summed E-state index contributed by atoms with van der Waals surface area (Å²) in [5.74, 6) is 0.0498.